The van der Waals surface area contributed by atoms with Crippen LogP contribution in [0.2, 0.25) is 0 Å². The molecule has 154 valence electrons. The van der Waals surface area contributed by atoms with Crippen molar-refractivity contribution in [2.75, 3.05) is 26.7 Å². The fourth-order valence-electron chi connectivity index (χ4n) is 2.02. The maximum absolute atomic E-state index is 12.5. The highest BCUT2D eigenvalue weighted by Gasteiger charge is 2.33. The van der Waals surface area contributed by atoms with Gasteiger partial charge < -0.3 is 16.0 Å². The van der Waals surface area contributed by atoms with Crippen molar-refractivity contribution in [3.05, 3.63) is 46.2 Å². The van der Waals surface area contributed by atoms with Crippen LogP contribution in [0, 0.1) is 0 Å². The fraction of sp³-hybridized carbons (Fsp3) is 0.375. The number of carbonyl (C=O) groups is 1. The minimum absolute atomic E-state index is 0. The van der Waals surface area contributed by atoms with E-state index in [2.05, 4.69) is 30.9 Å². The van der Waals surface area contributed by atoms with Crippen molar-refractivity contribution >= 4 is 47.2 Å². The summed E-state index contributed by atoms with van der Waals surface area (Å²) in [4.78, 5) is 23.3. The summed E-state index contributed by atoms with van der Waals surface area (Å²) in [5, 5.41) is 10.1. The first kappa shape index (κ1) is 24.1. The van der Waals surface area contributed by atoms with Crippen molar-refractivity contribution in [2.24, 2.45) is 4.99 Å². The standard InChI is InChI=1S/C16H19F3N6OS.HI/c1-20-15(23-6-4-13-25-12(10-27-13)16(17,18)19)24-8-7-22-14(26)11-3-2-5-21-9-11;/h2-3,5,9-10H,4,6-8H2,1H3,(H,22,26)(H2,20,23,24);1H. The van der Waals surface area contributed by atoms with Crippen molar-refractivity contribution in [3.63, 3.8) is 0 Å². The molecule has 0 atom stereocenters. The van der Waals surface area contributed by atoms with Gasteiger partial charge in [0.1, 0.15) is 0 Å². The summed E-state index contributed by atoms with van der Waals surface area (Å²) in [5.41, 5.74) is -0.393. The van der Waals surface area contributed by atoms with Gasteiger partial charge in [0.05, 0.1) is 10.6 Å². The summed E-state index contributed by atoms with van der Waals surface area (Å²) in [5.74, 6) is 0.260. The zero-order chi connectivity index (χ0) is 19.7. The molecule has 0 aliphatic carbocycles. The summed E-state index contributed by atoms with van der Waals surface area (Å²) in [6, 6.07) is 3.35. The van der Waals surface area contributed by atoms with Gasteiger partial charge in [-0.05, 0) is 12.1 Å². The first-order valence-corrected chi connectivity index (χ1v) is 8.92. The van der Waals surface area contributed by atoms with Gasteiger partial charge in [-0.3, -0.25) is 14.8 Å². The number of guanidine groups is 1. The van der Waals surface area contributed by atoms with E-state index in [0.717, 1.165) is 16.7 Å². The highest BCUT2D eigenvalue weighted by Crippen LogP contribution is 2.29. The Morgan fingerprint density at radius 3 is 2.54 bits per heavy atom. The van der Waals surface area contributed by atoms with E-state index < -0.39 is 11.9 Å². The van der Waals surface area contributed by atoms with Crippen LogP contribution in [0.1, 0.15) is 21.1 Å². The molecule has 0 fully saturated rings. The Morgan fingerprint density at radius 1 is 1.21 bits per heavy atom. The Balaban J connectivity index is 0.00000392. The predicted octanol–water partition coefficient (Wildman–Crippen LogP) is 2.31. The molecule has 2 aromatic heterocycles. The smallest absolute Gasteiger partial charge is 0.356 e. The first-order chi connectivity index (χ1) is 12.9. The number of carbonyl (C=O) groups excluding carboxylic acids is 1. The highest BCUT2D eigenvalue weighted by molar-refractivity contribution is 14.0. The molecule has 1 amide bonds. The van der Waals surface area contributed by atoms with Gasteiger partial charge in [0.25, 0.3) is 5.91 Å². The molecule has 0 aromatic carbocycles. The number of pyridine rings is 1. The molecule has 0 saturated carbocycles. The van der Waals surface area contributed by atoms with E-state index in [1.54, 1.807) is 25.4 Å². The molecule has 0 aliphatic rings. The second kappa shape index (κ2) is 11.8. The predicted molar refractivity (Wildman–Crippen MR) is 112 cm³/mol. The Bertz CT molecular complexity index is 769. The number of halogens is 4. The van der Waals surface area contributed by atoms with E-state index in [1.807, 2.05) is 0 Å². The minimum Gasteiger partial charge on any atom is -0.356 e. The number of nitrogens with one attached hydrogen (secondary N) is 3. The lowest BCUT2D eigenvalue weighted by Gasteiger charge is -2.12. The third-order valence-electron chi connectivity index (χ3n) is 3.32. The Labute approximate surface area is 181 Å². The van der Waals surface area contributed by atoms with Crippen molar-refractivity contribution in [3.8, 4) is 0 Å². The average Bonchev–Trinajstić information content (AvgIpc) is 3.13. The molecular weight excluding hydrogens is 508 g/mol. The molecule has 0 aliphatic heterocycles. The number of rotatable bonds is 7. The van der Waals surface area contributed by atoms with E-state index in [1.165, 1.54) is 6.20 Å². The molecule has 28 heavy (non-hydrogen) atoms. The summed E-state index contributed by atoms with van der Waals surface area (Å²) in [6.45, 7) is 1.18. The molecule has 0 spiro atoms. The van der Waals surface area contributed by atoms with Gasteiger partial charge >= 0.3 is 6.18 Å². The Hall–Kier alpha value is -1.96. The number of hydrogen-bond donors (Lipinski definition) is 3. The van der Waals surface area contributed by atoms with E-state index in [4.69, 9.17) is 0 Å². The van der Waals surface area contributed by atoms with Crippen LogP contribution < -0.4 is 16.0 Å². The number of alkyl halides is 3. The molecule has 0 unspecified atom stereocenters. The van der Waals surface area contributed by atoms with Crippen LogP contribution >= 0.6 is 35.3 Å². The lowest BCUT2D eigenvalue weighted by molar-refractivity contribution is -0.140. The van der Waals surface area contributed by atoms with Gasteiger partial charge in [-0.15, -0.1) is 35.3 Å². The molecule has 0 bridgehead atoms. The zero-order valence-electron chi connectivity index (χ0n) is 14.9. The van der Waals surface area contributed by atoms with Crippen LogP contribution in [0.5, 0.6) is 0 Å². The molecule has 2 heterocycles. The maximum Gasteiger partial charge on any atom is 0.434 e. The van der Waals surface area contributed by atoms with Gasteiger partial charge in [-0.1, -0.05) is 0 Å². The lowest BCUT2D eigenvalue weighted by Crippen LogP contribution is -2.42. The third kappa shape index (κ3) is 7.96. The Morgan fingerprint density at radius 2 is 1.93 bits per heavy atom. The highest BCUT2D eigenvalue weighted by atomic mass is 127. The summed E-state index contributed by atoms with van der Waals surface area (Å²) in [7, 11) is 1.58. The SMILES string of the molecule is CN=C(NCCNC(=O)c1cccnc1)NCCc1nc(C(F)(F)F)cs1.I. The molecule has 0 saturated heterocycles. The van der Waals surface area contributed by atoms with Crippen LogP contribution in [0.4, 0.5) is 13.2 Å². The number of aliphatic imine (C=N–C) groups is 1. The minimum atomic E-state index is -4.42. The fourth-order valence-corrected chi connectivity index (χ4v) is 2.83. The summed E-state index contributed by atoms with van der Waals surface area (Å²) >= 11 is 0.974. The largest absolute Gasteiger partial charge is 0.434 e. The van der Waals surface area contributed by atoms with Crippen LogP contribution in [0.15, 0.2) is 34.9 Å². The van der Waals surface area contributed by atoms with Crippen molar-refractivity contribution in [2.45, 2.75) is 12.6 Å². The first-order valence-electron chi connectivity index (χ1n) is 8.04. The van der Waals surface area contributed by atoms with Crippen LogP contribution in [-0.2, 0) is 12.6 Å². The lowest BCUT2D eigenvalue weighted by atomic mass is 10.3. The molecule has 3 N–H and O–H groups in total. The van der Waals surface area contributed by atoms with E-state index in [-0.39, 0.29) is 29.9 Å². The van der Waals surface area contributed by atoms with Crippen LogP contribution in [-0.4, -0.2) is 48.5 Å². The Kier molecular flexibility index (Phi) is 10.1. The average molecular weight is 528 g/mol. The molecule has 7 nitrogen and oxygen atoms in total. The number of thiazole rings is 1. The van der Waals surface area contributed by atoms with Crippen molar-refractivity contribution < 1.29 is 18.0 Å². The van der Waals surface area contributed by atoms with Gasteiger partial charge in [0, 0.05) is 50.9 Å². The molecule has 12 heteroatoms. The quantitative estimate of drug-likeness (QED) is 0.222. The van der Waals surface area contributed by atoms with Gasteiger partial charge in [0.15, 0.2) is 11.7 Å². The van der Waals surface area contributed by atoms with Crippen molar-refractivity contribution in [1.29, 1.82) is 0 Å². The summed E-state index contributed by atoms with van der Waals surface area (Å²) < 4.78 is 37.5. The van der Waals surface area contributed by atoms with E-state index >= 15 is 0 Å². The van der Waals surface area contributed by atoms with Gasteiger partial charge in [0.2, 0.25) is 0 Å². The number of aromatic nitrogens is 2. The maximum atomic E-state index is 12.5. The number of amides is 1. The summed E-state index contributed by atoms with van der Waals surface area (Å²) in [6.07, 6.45) is -1.01. The second-order valence-corrected chi connectivity index (χ2v) is 6.24. The van der Waals surface area contributed by atoms with Crippen LogP contribution in [0.25, 0.3) is 0 Å². The van der Waals surface area contributed by atoms with E-state index in [9.17, 15) is 18.0 Å². The van der Waals surface area contributed by atoms with Crippen LogP contribution in [0.3, 0.4) is 0 Å². The normalized spacial score (nSPS) is 11.5. The molecule has 2 rings (SSSR count). The third-order valence-corrected chi connectivity index (χ3v) is 4.23. The van der Waals surface area contributed by atoms with Gasteiger partial charge in [-0.2, -0.15) is 13.2 Å². The topological polar surface area (TPSA) is 91.3 Å². The van der Waals surface area contributed by atoms with Crippen molar-refractivity contribution in [1.82, 2.24) is 25.9 Å². The molecular formula is C16H20F3IN6OS. The monoisotopic (exact) mass is 528 g/mol. The second-order valence-electron chi connectivity index (χ2n) is 5.30. The number of hydrogen-bond acceptors (Lipinski definition) is 5. The molecule has 0 radical (unpaired) electrons. The molecule has 2 aromatic rings. The zero-order valence-corrected chi connectivity index (χ0v) is 18.1. The van der Waals surface area contributed by atoms with Gasteiger partial charge in [-0.25, -0.2) is 4.98 Å². The van der Waals surface area contributed by atoms with E-state index in [0.29, 0.717) is 42.6 Å². The number of nitrogens with zero attached hydrogens (tertiary/aromatic N) is 3.